The van der Waals surface area contributed by atoms with Crippen LogP contribution in [0.1, 0.15) is 62.5 Å². The Morgan fingerprint density at radius 3 is 2.08 bits per heavy atom. The summed E-state index contributed by atoms with van der Waals surface area (Å²) in [5, 5.41) is 29.8. The van der Waals surface area contributed by atoms with Crippen molar-refractivity contribution in [3.8, 4) is 11.1 Å². The number of amides is 3. The predicted molar refractivity (Wildman–Crippen MR) is 148 cm³/mol. The van der Waals surface area contributed by atoms with Crippen molar-refractivity contribution in [3.05, 3.63) is 59.7 Å². The molecule has 0 spiro atoms. The van der Waals surface area contributed by atoms with Crippen LogP contribution in [0.2, 0.25) is 0 Å². The van der Waals surface area contributed by atoms with Crippen LogP contribution in [0.4, 0.5) is 0 Å². The van der Waals surface area contributed by atoms with Crippen LogP contribution in [0.3, 0.4) is 0 Å². The number of hydrogen-bond acceptors (Lipinski definition) is 6. The van der Waals surface area contributed by atoms with Gasteiger partial charge in [-0.15, -0.1) is 0 Å². The largest absolute Gasteiger partial charge is 0.389 e. The van der Waals surface area contributed by atoms with E-state index in [2.05, 4.69) is 16.0 Å². The molecule has 1 saturated carbocycles. The summed E-state index contributed by atoms with van der Waals surface area (Å²) >= 11 is 0. The molecule has 40 heavy (non-hydrogen) atoms. The lowest BCUT2D eigenvalue weighted by molar-refractivity contribution is -0.140. The molecule has 3 atom stereocenters. The van der Waals surface area contributed by atoms with Crippen LogP contribution in [0.25, 0.3) is 11.1 Å². The molecule has 0 aromatic heterocycles. The van der Waals surface area contributed by atoms with E-state index >= 15 is 0 Å². The van der Waals surface area contributed by atoms with Gasteiger partial charge in [-0.05, 0) is 36.3 Å². The van der Waals surface area contributed by atoms with Crippen molar-refractivity contribution in [1.82, 2.24) is 16.0 Å². The molecule has 5 N–H and O–H groups in total. The molecular weight excluding hydrogens is 510 g/mol. The number of fused-ring (bicyclic) bond motifs is 3. The number of ketones is 1. The normalized spacial score (nSPS) is 21.1. The van der Waals surface area contributed by atoms with Crippen LogP contribution >= 0.6 is 0 Å². The quantitative estimate of drug-likeness (QED) is 0.307. The van der Waals surface area contributed by atoms with Crippen LogP contribution in [-0.4, -0.2) is 59.0 Å². The maximum absolute atomic E-state index is 13.9. The number of nitrogens with one attached hydrogen (secondary N) is 3. The minimum absolute atomic E-state index is 0.0751. The first kappa shape index (κ1) is 28.0. The number of aliphatic hydroxyl groups is 2. The van der Waals surface area contributed by atoms with E-state index in [9.17, 15) is 29.4 Å². The summed E-state index contributed by atoms with van der Waals surface area (Å²) in [5.74, 6) is -2.28. The zero-order valence-electron chi connectivity index (χ0n) is 22.5. The number of hydrogen-bond donors (Lipinski definition) is 5. The van der Waals surface area contributed by atoms with Crippen LogP contribution in [0, 0.1) is 11.8 Å². The van der Waals surface area contributed by atoms with E-state index in [-0.39, 0.29) is 18.2 Å². The molecule has 0 radical (unpaired) electrons. The SMILES string of the molecule is O=C1NCC[C@@H]1C[C@@H](NC(=O)[C@H](CC1CCCCC1)NC(=O)C1(O)c2ccccc2-c2ccccc21)C(=O)CO. The Morgan fingerprint density at radius 1 is 0.875 bits per heavy atom. The Bertz CT molecular complexity index is 1240. The zero-order chi connectivity index (χ0) is 28.3. The lowest BCUT2D eigenvalue weighted by Gasteiger charge is -2.31. The van der Waals surface area contributed by atoms with Gasteiger partial charge >= 0.3 is 0 Å². The van der Waals surface area contributed by atoms with Crippen LogP contribution in [0.15, 0.2) is 48.5 Å². The van der Waals surface area contributed by atoms with Gasteiger partial charge in [-0.2, -0.15) is 0 Å². The third kappa shape index (κ3) is 5.40. The van der Waals surface area contributed by atoms with E-state index in [1.54, 1.807) is 24.3 Å². The maximum atomic E-state index is 13.9. The van der Waals surface area contributed by atoms with Gasteiger partial charge in [-0.1, -0.05) is 80.6 Å². The van der Waals surface area contributed by atoms with Crippen molar-refractivity contribution in [2.24, 2.45) is 11.8 Å². The van der Waals surface area contributed by atoms with Gasteiger partial charge in [-0.25, -0.2) is 0 Å². The van der Waals surface area contributed by atoms with Crippen molar-refractivity contribution in [3.63, 3.8) is 0 Å². The number of carbonyl (C=O) groups is 4. The van der Waals surface area contributed by atoms with E-state index < -0.39 is 47.8 Å². The van der Waals surface area contributed by atoms with E-state index in [0.717, 1.165) is 43.2 Å². The van der Waals surface area contributed by atoms with E-state index in [1.165, 1.54) is 0 Å². The Labute approximate surface area is 233 Å². The minimum Gasteiger partial charge on any atom is -0.389 e. The summed E-state index contributed by atoms with van der Waals surface area (Å²) in [7, 11) is 0. The first-order chi connectivity index (χ1) is 19.3. The molecular formula is C31H37N3O6. The molecule has 1 aliphatic heterocycles. The average Bonchev–Trinajstić information content (AvgIpc) is 3.51. The van der Waals surface area contributed by atoms with E-state index in [1.807, 2.05) is 24.3 Å². The molecule has 2 aliphatic carbocycles. The summed E-state index contributed by atoms with van der Waals surface area (Å²) < 4.78 is 0. The number of benzene rings is 2. The summed E-state index contributed by atoms with van der Waals surface area (Å²) in [5.41, 5.74) is 0.428. The molecule has 0 bridgehead atoms. The molecule has 5 rings (SSSR count). The number of Topliss-reactive ketones (excluding diaryl/α,β-unsaturated/α-hetero) is 1. The highest BCUT2D eigenvalue weighted by Gasteiger charge is 2.48. The van der Waals surface area contributed by atoms with Gasteiger partial charge in [0.25, 0.3) is 5.91 Å². The number of carbonyl (C=O) groups excluding carboxylic acids is 4. The molecule has 0 unspecified atom stereocenters. The minimum atomic E-state index is -1.99. The van der Waals surface area contributed by atoms with Crippen LogP contribution < -0.4 is 16.0 Å². The van der Waals surface area contributed by atoms with Crippen LogP contribution in [-0.2, 0) is 24.8 Å². The molecule has 1 heterocycles. The molecule has 9 nitrogen and oxygen atoms in total. The maximum Gasteiger partial charge on any atom is 0.262 e. The highest BCUT2D eigenvalue weighted by Crippen LogP contribution is 2.47. The Kier molecular flexibility index (Phi) is 8.32. The fourth-order valence-corrected chi connectivity index (χ4v) is 6.51. The molecule has 212 valence electrons. The number of rotatable bonds is 10. The molecule has 3 aliphatic rings. The first-order valence-corrected chi connectivity index (χ1v) is 14.3. The topological polar surface area (TPSA) is 145 Å². The van der Waals surface area contributed by atoms with Crippen LogP contribution in [0.5, 0.6) is 0 Å². The first-order valence-electron chi connectivity index (χ1n) is 14.3. The second kappa shape index (κ2) is 11.9. The van der Waals surface area contributed by atoms with Gasteiger partial charge in [0.05, 0.1) is 6.04 Å². The van der Waals surface area contributed by atoms with Crippen molar-refractivity contribution < 1.29 is 29.4 Å². The van der Waals surface area contributed by atoms with Crippen molar-refractivity contribution in [1.29, 1.82) is 0 Å². The fourth-order valence-electron chi connectivity index (χ4n) is 6.51. The van der Waals surface area contributed by atoms with Crippen molar-refractivity contribution >= 4 is 23.5 Å². The second-order valence-electron chi connectivity index (χ2n) is 11.3. The summed E-state index contributed by atoms with van der Waals surface area (Å²) in [6.07, 6.45) is 6.04. The lowest BCUT2D eigenvalue weighted by atomic mass is 9.84. The van der Waals surface area contributed by atoms with Gasteiger partial charge in [0.1, 0.15) is 12.6 Å². The number of aliphatic hydroxyl groups excluding tert-OH is 1. The second-order valence-corrected chi connectivity index (χ2v) is 11.3. The zero-order valence-corrected chi connectivity index (χ0v) is 22.5. The molecule has 3 amide bonds. The van der Waals surface area contributed by atoms with E-state index in [0.29, 0.717) is 30.5 Å². The fraction of sp³-hybridized carbons (Fsp3) is 0.484. The summed E-state index contributed by atoms with van der Waals surface area (Å²) in [4.78, 5) is 52.4. The Balaban J connectivity index is 1.41. The Hall–Kier alpha value is -3.56. The monoisotopic (exact) mass is 547 g/mol. The third-order valence-corrected chi connectivity index (χ3v) is 8.71. The third-order valence-electron chi connectivity index (χ3n) is 8.71. The molecule has 2 aromatic carbocycles. The standard InChI is InChI=1S/C31H37N3O6/c35-18-27(36)25(17-20-14-15-32-28(20)37)33-29(38)26(16-19-8-2-1-3-9-19)34-30(39)31(40)23-12-6-4-10-21(23)22-11-5-7-13-24(22)31/h4-7,10-13,19-20,25-26,35,40H,1-3,8-9,14-18H2,(H,32,37)(H,33,38)(H,34,39)/t20-,25-,26+/m1/s1. The van der Waals surface area contributed by atoms with Gasteiger partial charge in [-0.3, -0.25) is 19.2 Å². The van der Waals surface area contributed by atoms with Gasteiger partial charge in [0.15, 0.2) is 11.4 Å². The molecule has 9 heteroatoms. The molecule has 2 aromatic rings. The van der Waals surface area contributed by atoms with Crippen molar-refractivity contribution in [2.75, 3.05) is 13.2 Å². The van der Waals surface area contributed by atoms with Gasteiger partial charge < -0.3 is 26.2 Å². The average molecular weight is 548 g/mol. The summed E-state index contributed by atoms with van der Waals surface area (Å²) in [6.45, 7) is -0.272. The lowest BCUT2D eigenvalue weighted by Crippen LogP contribution is -2.56. The molecule has 2 fully saturated rings. The van der Waals surface area contributed by atoms with E-state index in [4.69, 9.17) is 0 Å². The smallest absolute Gasteiger partial charge is 0.262 e. The van der Waals surface area contributed by atoms with Crippen molar-refractivity contribution in [2.45, 2.75) is 69.1 Å². The van der Waals surface area contributed by atoms with Gasteiger partial charge in [0, 0.05) is 23.6 Å². The highest BCUT2D eigenvalue weighted by atomic mass is 16.3. The predicted octanol–water partition coefficient (Wildman–Crippen LogP) is 1.93. The highest BCUT2D eigenvalue weighted by molar-refractivity contribution is 6.01. The molecule has 1 saturated heterocycles. The van der Waals surface area contributed by atoms with Gasteiger partial charge in [0.2, 0.25) is 11.8 Å². The summed E-state index contributed by atoms with van der Waals surface area (Å²) in [6, 6.07) is 12.3. The Morgan fingerprint density at radius 2 is 1.50 bits per heavy atom.